The molecule has 1 aromatic carbocycles. The van der Waals surface area contributed by atoms with Crippen LogP contribution in [0.4, 0.5) is 0 Å². The highest BCUT2D eigenvalue weighted by atomic mass is 32.2. The number of hydrogen-bond donors (Lipinski definition) is 1. The molecule has 1 heterocycles. The first kappa shape index (κ1) is 12.7. The largest absolute Gasteiger partial charge is 0.296 e. The Morgan fingerprint density at radius 3 is 2.59 bits per heavy atom. The van der Waals surface area contributed by atoms with Gasteiger partial charge in [0.2, 0.25) is 11.3 Å². The van der Waals surface area contributed by atoms with E-state index in [1.165, 1.54) is 11.1 Å². The van der Waals surface area contributed by atoms with Gasteiger partial charge in [0.15, 0.2) is 0 Å². The molecule has 17 heavy (non-hydrogen) atoms. The van der Waals surface area contributed by atoms with E-state index < -0.39 is 11.3 Å². The Labute approximate surface area is 105 Å². The zero-order valence-electron chi connectivity index (χ0n) is 10.0. The maximum Gasteiger partial charge on any atom is 0.234 e. The first-order chi connectivity index (χ1) is 8.15. The van der Waals surface area contributed by atoms with Gasteiger partial charge in [-0.15, -0.1) is 0 Å². The van der Waals surface area contributed by atoms with Gasteiger partial charge in [-0.25, -0.2) is 4.21 Å². The Hall–Kier alpha value is -0.750. The van der Waals surface area contributed by atoms with Crippen molar-refractivity contribution in [3.05, 3.63) is 35.4 Å². The Morgan fingerprint density at radius 2 is 2.00 bits per heavy atom. The van der Waals surface area contributed by atoms with Crippen LogP contribution in [-0.2, 0) is 17.8 Å². The lowest BCUT2D eigenvalue weighted by Crippen LogP contribution is -2.46. The van der Waals surface area contributed by atoms with Crippen LogP contribution in [0.5, 0.6) is 0 Å². The predicted octanol–water partition coefficient (Wildman–Crippen LogP) is 1.25. The Morgan fingerprint density at radius 1 is 1.29 bits per heavy atom. The maximum atomic E-state index is 10.9. The first-order valence-electron chi connectivity index (χ1n) is 5.79. The van der Waals surface area contributed by atoms with Gasteiger partial charge in [-0.05, 0) is 12.5 Å². The first-order valence-corrected chi connectivity index (χ1v) is 6.85. The fraction of sp³-hybridized carbons (Fsp3) is 0.500. The minimum Gasteiger partial charge on any atom is -0.296 e. The molecule has 1 aliphatic heterocycles. The van der Waals surface area contributed by atoms with Gasteiger partial charge in [-0.2, -0.15) is 4.31 Å². The van der Waals surface area contributed by atoms with Gasteiger partial charge in [0.25, 0.3) is 0 Å². The molecule has 2 rings (SSSR count). The average Bonchev–Trinajstić information content (AvgIpc) is 2.29. The Bertz CT molecular complexity index is 403. The van der Waals surface area contributed by atoms with Crippen molar-refractivity contribution in [1.82, 2.24) is 9.21 Å². The minimum atomic E-state index is -1.81. The highest BCUT2D eigenvalue weighted by molar-refractivity contribution is 7.76. The molecule has 0 aromatic heterocycles. The Kier molecular flexibility index (Phi) is 4.28. The highest BCUT2D eigenvalue weighted by Gasteiger charge is 2.19. The molecule has 1 atom stereocenters. The molecule has 5 heteroatoms. The van der Waals surface area contributed by atoms with E-state index >= 15 is 0 Å². The maximum absolute atomic E-state index is 10.9. The second-order valence-corrected chi connectivity index (χ2v) is 5.40. The number of benzene rings is 1. The van der Waals surface area contributed by atoms with Crippen LogP contribution in [0, 0.1) is 6.92 Å². The molecule has 1 fully saturated rings. The molecular formula is C12H18N2O2S. The second-order valence-electron chi connectivity index (χ2n) is 4.42. The van der Waals surface area contributed by atoms with Crippen LogP contribution in [0.25, 0.3) is 0 Å². The van der Waals surface area contributed by atoms with Crippen LogP contribution in [0.3, 0.4) is 0 Å². The molecule has 1 unspecified atom stereocenters. The van der Waals surface area contributed by atoms with Crippen molar-refractivity contribution >= 4 is 11.3 Å². The predicted molar refractivity (Wildman–Crippen MR) is 68.8 cm³/mol. The van der Waals surface area contributed by atoms with E-state index in [1.807, 2.05) is 0 Å². The van der Waals surface area contributed by atoms with E-state index in [-0.39, 0.29) is 0 Å². The molecule has 0 radical (unpaired) electrons. The van der Waals surface area contributed by atoms with Gasteiger partial charge < -0.3 is 0 Å². The van der Waals surface area contributed by atoms with Crippen molar-refractivity contribution in [2.45, 2.75) is 13.5 Å². The van der Waals surface area contributed by atoms with Gasteiger partial charge in [0.1, 0.15) is 0 Å². The number of nitrogens with zero attached hydrogens (tertiary/aromatic N) is 2. The third-order valence-electron chi connectivity index (χ3n) is 3.04. The molecule has 0 saturated carbocycles. The summed E-state index contributed by atoms with van der Waals surface area (Å²) in [5, 5.41) is 0. The van der Waals surface area contributed by atoms with Crippen molar-refractivity contribution in [1.29, 1.82) is 0 Å². The third-order valence-corrected chi connectivity index (χ3v) is 3.85. The van der Waals surface area contributed by atoms with E-state index in [4.69, 9.17) is 4.55 Å². The molecule has 0 aliphatic carbocycles. The van der Waals surface area contributed by atoms with E-state index in [0.29, 0.717) is 13.1 Å². The smallest absolute Gasteiger partial charge is 0.234 e. The van der Waals surface area contributed by atoms with Crippen molar-refractivity contribution in [3.8, 4) is 0 Å². The molecular weight excluding hydrogens is 236 g/mol. The quantitative estimate of drug-likeness (QED) is 0.826. The lowest BCUT2D eigenvalue weighted by molar-refractivity contribution is 0.180. The van der Waals surface area contributed by atoms with Gasteiger partial charge in [0.05, 0.1) is 0 Å². The number of hydrogen-bond acceptors (Lipinski definition) is 2. The van der Waals surface area contributed by atoms with Crippen LogP contribution in [0.1, 0.15) is 11.1 Å². The monoisotopic (exact) mass is 254 g/mol. The molecule has 0 bridgehead atoms. The summed E-state index contributed by atoms with van der Waals surface area (Å²) in [5.41, 5.74) is 2.58. The summed E-state index contributed by atoms with van der Waals surface area (Å²) in [6.45, 7) is 6.04. The normalized spacial score (nSPS) is 20.4. The molecule has 1 aromatic rings. The number of piperazine rings is 1. The molecule has 1 N–H and O–H groups in total. The third kappa shape index (κ3) is 3.61. The van der Waals surface area contributed by atoms with Gasteiger partial charge >= 0.3 is 0 Å². The van der Waals surface area contributed by atoms with E-state index in [1.54, 1.807) is 4.31 Å². The van der Waals surface area contributed by atoms with E-state index in [0.717, 1.165) is 19.6 Å². The zero-order valence-corrected chi connectivity index (χ0v) is 10.8. The summed E-state index contributed by atoms with van der Waals surface area (Å²) >= 11 is -1.81. The second kappa shape index (κ2) is 5.73. The summed E-state index contributed by atoms with van der Waals surface area (Å²) in [4.78, 5) is 2.32. The van der Waals surface area contributed by atoms with Crippen LogP contribution < -0.4 is 0 Å². The van der Waals surface area contributed by atoms with Gasteiger partial charge in [-0.3, -0.25) is 9.45 Å². The van der Waals surface area contributed by atoms with Crippen LogP contribution in [0.15, 0.2) is 24.3 Å². The average molecular weight is 254 g/mol. The van der Waals surface area contributed by atoms with Crippen LogP contribution in [0.2, 0.25) is 0 Å². The summed E-state index contributed by atoms with van der Waals surface area (Å²) in [6, 6.07) is 8.49. The highest BCUT2D eigenvalue weighted by Crippen LogP contribution is 2.10. The van der Waals surface area contributed by atoms with Gasteiger partial charge in [0, 0.05) is 32.7 Å². The van der Waals surface area contributed by atoms with Crippen molar-refractivity contribution in [2.75, 3.05) is 26.2 Å². The number of aryl methyl sites for hydroxylation is 1. The van der Waals surface area contributed by atoms with Crippen LogP contribution >= 0.6 is 0 Å². The molecule has 1 saturated heterocycles. The molecule has 94 valence electrons. The summed E-state index contributed by atoms with van der Waals surface area (Å²) in [5.74, 6) is 0. The molecule has 0 spiro atoms. The molecule has 0 amide bonds. The fourth-order valence-electron chi connectivity index (χ4n) is 2.11. The van der Waals surface area contributed by atoms with E-state index in [2.05, 4.69) is 36.1 Å². The zero-order chi connectivity index (χ0) is 12.3. The molecule has 4 nitrogen and oxygen atoms in total. The fourth-order valence-corrected chi connectivity index (χ4v) is 2.59. The summed E-state index contributed by atoms with van der Waals surface area (Å²) < 4.78 is 21.4. The van der Waals surface area contributed by atoms with Crippen LogP contribution in [-0.4, -0.2) is 44.1 Å². The van der Waals surface area contributed by atoms with Crippen molar-refractivity contribution < 1.29 is 8.76 Å². The van der Waals surface area contributed by atoms with Gasteiger partial charge in [-0.1, -0.05) is 29.8 Å². The van der Waals surface area contributed by atoms with E-state index in [9.17, 15) is 4.21 Å². The topological polar surface area (TPSA) is 43.8 Å². The SMILES string of the molecule is Cc1cccc(CN2CCN(S(=O)O)CC2)c1. The summed E-state index contributed by atoms with van der Waals surface area (Å²) in [6.07, 6.45) is 0. The standard InChI is InChI=1S/C12H18N2O2S/c1-11-3-2-4-12(9-11)10-13-5-7-14(8-6-13)17(15)16/h2-4,9H,5-8,10H2,1H3,(H,15,16). The minimum absolute atomic E-state index is 0.662. The lowest BCUT2D eigenvalue weighted by atomic mass is 10.1. The van der Waals surface area contributed by atoms with Crippen molar-refractivity contribution in [2.24, 2.45) is 0 Å². The lowest BCUT2D eigenvalue weighted by Gasteiger charge is -2.32. The number of rotatable bonds is 3. The van der Waals surface area contributed by atoms with Crippen molar-refractivity contribution in [3.63, 3.8) is 0 Å². The summed E-state index contributed by atoms with van der Waals surface area (Å²) in [7, 11) is 0. The Balaban J connectivity index is 1.88. The molecule has 1 aliphatic rings.